The molecule has 1 aliphatic heterocycles. The summed E-state index contributed by atoms with van der Waals surface area (Å²) in [5.41, 5.74) is 1.02. The normalized spacial score (nSPS) is 20.4. The number of ether oxygens (including phenoxy) is 2. The summed E-state index contributed by atoms with van der Waals surface area (Å²) in [5, 5.41) is 2.85. The highest BCUT2D eigenvalue weighted by atomic mass is 16.6. The van der Waals surface area contributed by atoms with E-state index in [0.717, 1.165) is 5.56 Å². The SMILES string of the molecule is CC1Oc2ccccc2OC1C(=O)NCc1cc[nH]c1. The van der Waals surface area contributed by atoms with E-state index in [1.165, 1.54) is 0 Å². The average Bonchev–Trinajstić information content (AvgIpc) is 2.97. The zero-order chi connectivity index (χ0) is 13.9. The van der Waals surface area contributed by atoms with Crippen molar-refractivity contribution in [3.8, 4) is 11.5 Å². The van der Waals surface area contributed by atoms with Gasteiger partial charge in [-0.15, -0.1) is 0 Å². The number of aromatic amines is 1. The molecule has 0 aliphatic carbocycles. The quantitative estimate of drug-likeness (QED) is 0.896. The van der Waals surface area contributed by atoms with Crippen LogP contribution in [0.2, 0.25) is 0 Å². The molecule has 0 saturated carbocycles. The summed E-state index contributed by atoms with van der Waals surface area (Å²) in [6.45, 7) is 2.30. The highest BCUT2D eigenvalue weighted by Gasteiger charge is 2.33. The van der Waals surface area contributed by atoms with Crippen LogP contribution in [0.5, 0.6) is 11.5 Å². The molecule has 0 radical (unpaired) electrons. The van der Waals surface area contributed by atoms with Crippen molar-refractivity contribution in [1.29, 1.82) is 0 Å². The van der Waals surface area contributed by atoms with E-state index in [1.54, 1.807) is 6.07 Å². The van der Waals surface area contributed by atoms with Gasteiger partial charge in [0.15, 0.2) is 11.5 Å². The van der Waals surface area contributed by atoms with Gasteiger partial charge < -0.3 is 19.8 Å². The maximum absolute atomic E-state index is 12.2. The van der Waals surface area contributed by atoms with Gasteiger partial charge in [0, 0.05) is 18.9 Å². The van der Waals surface area contributed by atoms with E-state index in [-0.39, 0.29) is 12.0 Å². The van der Waals surface area contributed by atoms with Gasteiger partial charge in [0.1, 0.15) is 6.10 Å². The van der Waals surface area contributed by atoms with Crippen LogP contribution in [0.3, 0.4) is 0 Å². The maximum Gasteiger partial charge on any atom is 0.265 e. The highest BCUT2D eigenvalue weighted by Crippen LogP contribution is 2.33. The smallest absolute Gasteiger partial charge is 0.265 e. The van der Waals surface area contributed by atoms with Crippen molar-refractivity contribution in [3.63, 3.8) is 0 Å². The van der Waals surface area contributed by atoms with Gasteiger partial charge in [0.2, 0.25) is 6.10 Å². The summed E-state index contributed by atoms with van der Waals surface area (Å²) >= 11 is 0. The minimum Gasteiger partial charge on any atom is -0.482 e. The van der Waals surface area contributed by atoms with Crippen LogP contribution in [-0.4, -0.2) is 23.1 Å². The van der Waals surface area contributed by atoms with Crippen molar-refractivity contribution >= 4 is 5.91 Å². The first-order valence-corrected chi connectivity index (χ1v) is 6.56. The molecule has 1 aromatic heterocycles. The number of hydrogen-bond donors (Lipinski definition) is 2. The Hall–Kier alpha value is -2.43. The lowest BCUT2D eigenvalue weighted by Crippen LogP contribution is -2.48. The number of nitrogens with one attached hydrogen (secondary N) is 2. The minimum atomic E-state index is -0.635. The summed E-state index contributed by atoms with van der Waals surface area (Å²) in [4.78, 5) is 15.1. The molecule has 1 aliphatic rings. The molecule has 3 rings (SSSR count). The predicted octanol–water partition coefficient (Wildman–Crippen LogP) is 1.86. The topological polar surface area (TPSA) is 63.4 Å². The second kappa shape index (κ2) is 5.28. The lowest BCUT2D eigenvalue weighted by atomic mass is 10.1. The Kier molecular flexibility index (Phi) is 3.33. The lowest BCUT2D eigenvalue weighted by Gasteiger charge is -2.30. The van der Waals surface area contributed by atoms with Crippen molar-refractivity contribution in [2.24, 2.45) is 0 Å². The molecule has 0 saturated heterocycles. The Bertz CT molecular complexity index is 595. The zero-order valence-electron chi connectivity index (χ0n) is 11.1. The Morgan fingerprint density at radius 3 is 2.70 bits per heavy atom. The number of amides is 1. The number of fused-ring (bicyclic) bond motifs is 1. The van der Waals surface area contributed by atoms with Crippen molar-refractivity contribution in [3.05, 3.63) is 48.3 Å². The third-order valence-corrected chi connectivity index (χ3v) is 3.23. The first kappa shape index (κ1) is 12.6. The fraction of sp³-hybridized carbons (Fsp3) is 0.267. The van der Waals surface area contributed by atoms with Crippen molar-refractivity contribution < 1.29 is 14.3 Å². The maximum atomic E-state index is 12.2. The zero-order valence-corrected chi connectivity index (χ0v) is 11.1. The summed E-state index contributed by atoms with van der Waals surface area (Å²) in [6.07, 6.45) is 2.71. The van der Waals surface area contributed by atoms with Gasteiger partial charge in [-0.05, 0) is 30.7 Å². The van der Waals surface area contributed by atoms with Crippen molar-refractivity contribution in [1.82, 2.24) is 10.3 Å². The molecule has 0 fully saturated rings. The van der Waals surface area contributed by atoms with E-state index in [4.69, 9.17) is 9.47 Å². The summed E-state index contributed by atoms with van der Waals surface area (Å²) in [5.74, 6) is 1.11. The monoisotopic (exact) mass is 272 g/mol. The third kappa shape index (κ3) is 2.47. The van der Waals surface area contributed by atoms with Crippen molar-refractivity contribution in [2.45, 2.75) is 25.7 Å². The molecular weight excluding hydrogens is 256 g/mol. The highest BCUT2D eigenvalue weighted by molar-refractivity contribution is 5.82. The molecule has 2 heterocycles. The summed E-state index contributed by atoms with van der Waals surface area (Å²) in [6, 6.07) is 9.28. The van der Waals surface area contributed by atoms with Crippen LogP contribution in [-0.2, 0) is 11.3 Å². The van der Waals surface area contributed by atoms with Gasteiger partial charge in [-0.3, -0.25) is 4.79 Å². The second-order valence-electron chi connectivity index (χ2n) is 4.75. The molecule has 1 amide bonds. The van der Waals surface area contributed by atoms with E-state index in [1.807, 2.05) is 43.6 Å². The molecule has 0 bridgehead atoms. The van der Waals surface area contributed by atoms with Crippen LogP contribution in [0.1, 0.15) is 12.5 Å². The largest absolute Gasteiger partial charge is 0.482 e. The number of aromatic nitrogens is 1. The Balaban J connectivity index is 1.66. The van der Waals surface area contributed by atoms with Crippen LogP contribution in [0.25, 0.3) is 0 Å². The van der Waals surface area contributed by atoms with E-state index in [2.05, 4.69) is 10.3 Å². The van der Waals surface area contributed by atoms with Gasteiger partial charge in [0.25, 0.3) is 5.91 Å². The molecule has 104 valence electrons. The van der Waals surface area contributed by atoms with Crippen molar-refractivity contribution in [2.75, 3.05) is 0 Å². The van der Waals surface area contributed by atoms with Gasteiger partial charge in [-0.25, -0.2) is 0 Å². The van der Waals surface area contributed by atoms with Gasteiger partial charge in [0.05, 0.1) is 0 Å². The first-order chi connectivity index (χ1) is 9.74. The number of hydrogen-bond acceptors (Lipinski definition) is 3. The summed E-state index contributed by atoms with van der Waals surface area (Å²) in [7, 11) is 0. The average molecular weight is 272 g/mol. The van der Waals surface area contributed by atoms with E-state index < -0.39 is 6.10 Å². The molecule has 2 unspecified atom stereocenters. The predicted molar refractivity (Wildman–Crippen MR) is 73.6 cm³/mol. The fourth-order valence-electron chi connectivity index (χ4n) is 2.16. The number of carbonyl (C=O) groups excluding carboxylic acids is 1. The molecule has 0 spiro atoms. The van der Waals surface area contributed by atoms with Gasteiger partial charge in [-0.2, -0.15) is 0 Å². The van der Waals surface area contributed by atoms with Gasteiger partial charge in [-0.1, -0.05) is 12.1 Å². The lowest BCUT2D eigenvalue weighted by molar-refractivity contribution is -0.133. The molecule has 2 aromatic rings. The number of para-hydroxylation sites is 2. The second-order valence-corrected chi connectivity index (χ2v) is 4.75. The molecule has 20 heavy (non-hydrogen) atoms. The number of benzene rings is 1. The van der Waals surface area contributed by atoms with E-state index >= 15 is 0 Å². The van der Waals surface area contributed by atoms with Crippen LogP contribution < -0.4 is 14.8 Å². The minimum absolute atomic E-state index is 0.173. The number of rotatable bonds is 3. The van der Waals surface area contributed by atoms with Crippen LogP contribution in [0.15, 0.2) is 42.7 Å². The Labute approximate surface area is 116 Å². The van der Waals surface area contributed by atoms with Crippen LogP contribution >= 0.6 is 0 Å². The van der Waals surface area contributed by atoms with Crippen LogP contribution in [0, 0.1) is 0 Å². The third-order valence-electron chi connectivity index (χ3n) is 3.23. The Morgan fingerprint density at radius 2 is 2.00 bits per heavy atom. The van der Waals surface area contributed by atoms with E-state index in [9.17, 15) is 4.79 Å². The van der Waals surface area contributed by atoms with Gasteiger partial charge >= 0.3 is 0 Å². The fourth-order valence-corrected chi connectivity index (χ4v) is 2.16. The Morgan fingerprint density at radius 1 is 1.25 bits per heavy atom. The van der Waals surface area contributed by atoms with Crippen LogP contribution in [0.4, 0.5) is 0 Å². The summed E-state index contributed by atoms with van der Waals surface area (Å²) < 4.78 is 11.4. The number of carbonyl (C=O) groups is 1. The molecule has 1 aromatic carbocycles. The molecule has 5 nitrogen and oxygen atoms in total. The molecule has 2 N–H and O–H groups in total. The van der Waals surface area contributed by atoms with E-state index in [0.29, 0.717) is 18.0 Å². The molecule has 2 atom stereocenters. The molecular formula is C15H16N2O3. The first-order valence-electron chi connectivity index (χ1n) is 6.56. The molecule has 5 heteroatoms. The standard InChI is InChI=1S/C15H16N2O3/c1-10-14(15(18)17-9-11-6-7-16-8-11)20-13-5-3-2-4-12(13)19-10/h2-8,10,14,16H,9H2,1H3,(H,17,18). The number of H-pyrrole nitrogens is 1.